The number of carbonyl (C=O) groups excluding carboxylic acids is 1. The van der Waals surface area contributed by atoms with Crippen molar-refractivity contribution >= 4 is 38.1 Å². The number of sulfonamides is 1. The van der Waals surface area contributed by atoms with Gasteiger partial charge in [-0.25, -0.2) is 13.4 Å². The van der Waals surface area contributed by atoms with Crippen LogP contribution in [0.15, 0.2) is 54.2 Å². The third-order valence-corrected chi connectivity index (χ3v) is 7.76. The zero-order chi connectivity index (χ0) is 21.4. The predicted octanol–water partition coefficient (Wildman–Crippen LogP) is 4.03. The quantitative estimate of drug-likeness (QED) is 0.575. The number of aromatic nitrogens is 2. The molecule has 1 aliphatic rings. The van der Waals surface area contributed by atoms with Crippen molar-refractivity contribution in [1.29, 1.82) is 0 Å². The lowest BCUT2D eigenvalue weighted by Crippen LogP contribution is -2.35. The second-order valence-corrected chi connectivity index (χ2v) is 10.6. The number of anilines is 2. The molecule has 0 bridgehead atoms. The first-order chi connectivity index (χ1) is 14.3. The maximum absolute atomic E-state index is 12.9. The van der Waals surface area contributed by atoms with E-state index in [1.807, 2.05) is 36.4 Å². The van der Waals surface area contributed by atoms with Gasteiger partial charge >= 0.3 is 0 Å². The Balaban J connectivity index is 1.45. The zero-order valence-electron chi connectivity index (χ0n) is 16.6. The summed E-state index contributed by atoms with van der Waals surface area (Å²) in [6.45, 7) is 3.53. The molecule has 7 nitrogen and oxygen atoms in total. The molecule has 0 aliphatic heterocycles. The van der Waals surface area contributed by atoms with E-state index in [-0.39, 0.29) is 11.2 Å². The molecule has 1 amide bonds. The van der Waals surface area contributed by atoms with E-state index in [4.69, 9.17) is 0 Å². The molecule has 9 heteroatoms. The molecule has 0 atom stereocenters. The lowest BCUT2D eigenvalue weighted by molar-refractivity contribution is -0.120. The van der Waals surface area contributed by atoms with Crippen molar-refractivity contribution in [2.24, 2.45) is 0 Å². The van der Waals surface area contributed by atoms with Crippen LogP contribution in [0, 0.1) is 0 Å². The maximum Gasteiger partial charge on any atom is 0.237 e. The van der Waals surface area contributed by atoms with Gasteiger partial charge in [-0.1, -0.05) is 18.2 Å². The van der Waals surface area contributed by atoms with E-state index in [2.05, 4.69) is 20.0 Å². The first-order valence-corrected chi connectivity index (χ1v) is 12.0. The minimum Gasteiger partial charge on any atom is -0.325 e. The maximum atomic E-state index is 12.9. The van der Waals surface area contributed by atoms with Crippen molar-refractivity contribution in [1.82, 2.24) is 9.97 Å². The number of amides is 1. The van der Waals surface area contributed by atoms with Crippen molar-refractivity contribution in [3.63, 3.8) is 0 Å². The average Bonchev–Trinajstić information content (AvgIpc) is 3.50. The molecule has 2 N–H and O–H groups in total. The van der Waals surface area contributed by atoms with Crippen molar-refractivity contribution in [2.75, 3.05) is 10.0 Å². The molecule has 156 valence electrons. The molecule has 0 saturated heterocycles. The van der Waals surface area contributed by atoms with Gasteiger partial charge in [-0.15, -0.1) is 11.3 Å². The summed E-state index contributed by atoms with van der Waals surface area (Å²) in [5.74, 6) is -0.224. The van der Waals surface area contributed by atoms with Crippen LogP contribution in [0.2, 0.25) is 0 Å². The fraction of sp³-hybridized carbons (Fsp3) is 0.286. The fourth-order valence-electron chi connectivity index (χ4n) is 2.87. The van der Waals surface area contributed by atoms with Gasteiger partial charge in [0.1, 0.15) is 0 Å². The lowest BCUT2D eigenvalue weighted by Gasteiger charge is -2.21. The fourth-order valence-corrected chi connectivity index (χ4v) is 5.35. The van der Waals surface area contributed by atoms with Gasteiger partial charge in [-0.2, -0.15) is 0 Å². The summed E-state index contributed by atoms with van der Waals surface area (Å²) in [6, 6.07) is 11.4. The number of pyridine rings is 1. The van der Waals surface area contributed by atoms with Gasteiger partial charge in [-0.3, -0.25) is 14.5 Å². The lowest BCUT2D eigenvalue weighted by atomic mass is 9.89. The van der Waals surface area contributed by atoms with E-state index in [0.717, 1.165) is 11.1 Å². The smallest absolute Gasteiger partial charge is 0.237 e. The van der Waals surface area contributed by atoms with Crippen molar-refractivity contribution in [2.45, 2.75) is 37.4 Å². The molecule has 1 aromatic carbocycles. The number of hydrogen-bond acceptors (Lipinski definition) is 6. The predicted molar refractivity (Wildman–Crippen MR) is 119 cm³/mol. The monoisotopic (exact) mass is 442 g/mol. The molecule has 1 fully saturated rings. The molecular weight excluding hydrogens is 420 g/mol. The van der Waals surface area contributed by atoms with Crippen LogP contribution in [0.25, 0.3) is 11.1 Å². The molecule has 1 saturated carbocycles. The normalized spacial score (nSPS) is 14.3. The van der Waals surface area contributed by atoms with Crippen LogP contribution in [0.4, 0.5) is 10.8 Å². The summed E-state index contributed by atoms with van der Waals surface area (Å²) >= 11 is 1.18. The van der Waals surface area contributed by atoms with Crippen LogP contribution >= 0.6 is 11.3 Å². The Morgan fingerprint density at radius 3 is 2.50 bits per heavy atom. The summed E-state index contributed by atoms with van der Waals surface area (Å²) in [5, 5.41) is 4.60. The Labute approximate surface area is 179 Å². The first kappa shape index (κ1) is 20.5. The average molecular weight is 443 g/mol. The number of nitrogens with zero attached hydrogens (tertiary/aromatic N) is 2. The molecule has 0 unspecified atom stereocenters. The molecule has 2 heterocycles. The molecule has 1 aliphatic carbocycles. The van der Waals surface area contributed by atoms with Crippen LogP contribution in [0.1, 0.15) is 32.4 Å². The van der Waals surface area contributed by atoms with Gasteiger partial charge in [0, 0.05) is 23.5 Å². The Kier molecular flexibility index (Phi) is 5.33. The number of hydrogen-bond donors (Lipinski definition) is 2. The third-order valence-electron chi connectivity index (χ3n) is 5.04. The largest absolute Gasteiger partial charge is 0.325 e. The van der Waals surface area contributed by atoms with E-state index in [0.29, 0.717) is 29.4 Å². The summed E-state index contributed by atoms with van der Waals surface area (Å²) in [5.41, 5.74) is 2.27. The highest BCUT2D eigenvalue weighted by molar-refractivity contribution is 7.93. The van der Waals surface area contributed by atoms with Gasteiger partial charge in [-0.05, 0) is 56.0 Å². The van der Waals surface area contributed by atoms with Crippen molar-refractivity contribution < 1.29 is 13.2 Å². The first-order valence-electron chi connectivity index (χ1n) is 9.55. The number of rotatable bonds is 7. The summed E-state index contributed by atoms with van der Waals surface area (Å²) in [7, 11) is -3.38. The summed E-state index contributed by atoms with van der Waals surface area (Å²) in [4.78, 5) is 21.4. The Morgan fingerprint density at radius 1 is 1.13 bits per heavy atom. The van der Waals surface area contributed by atoms with Crippen LogP contribution in [0.3, 0.4) is 0 Å². The molecule has 30 heavy (non-hydrogen) atoms. The minimum absolute atomic E-state index is 0.224. The van der Waals surface area contributed by atoms with E-state index in [9.17, 15) is 13.2 Å². The Hall–Kier alpha value is -2.78. The van der Waals surface area contributed by atoms with Crippen molar-refractivity contribution in [3.8, 4) is 11.1 Å². The van der Waals surface area contributed by atoms with Gasteiger partial charge in [0.25, 0.3) is 0 Å². The molecule has 3 aromatic rings. The highest BCUT2D eigenvalue weighted by Crippen LogP contribution is 2.33. The number of thiazole rings is 1. The van der Waals surface area contributed by atoms with Crippen LogP contribution in [0.5, 0.6) is 0 Å². The van der Waals surface area contributed by atoms with Gasteiger partial charge in [0.05, 0.1) is 16.4 Å². The molecule has 4 rings (SSSR count). The molecular formula is C21H22N4O3S2. The number of nitrogens with one attached hydrogen (secondary N) is 2. The van der Waals surface area contributed by atoms with E-state index >= 15 is 0 Å². The molecule has 2 aromatic heterocycles. The molecule has 0 radical (unpaired) electrons. The van der Waals surface area contributed by atoms with Crippen LogP contribution < -0.4 is 10.0 Å². The van der Waals surface area contributed by atoms with E-state index in [1.54, 1.807) is 31.6 Å². The second-order valence-electron chi connectivity index (χ2n) is 7.78. The van der Waals surface area contributed by atoms with Crippen molar-refractivity contribution in [3.05, 3.63) is 59.9 Å². The van der Waals surface area contributed by atoms with Crippen LogP contribution in [-0.2, 0) is 20.2 Å². The summed E-state index contributed by atoms with van der Waals surface area (Å²) in [6.07, 6.45) is 4.87. The summed E-state index contributed by atoms with van der Waals surface area (Å²) < 4.78 is 26.7. The van der Waals surface area contributed by atoms with E-state index in [1.165, 1.54) is 11.3 Å². The number of carbonyl (C=O) groups is 1. The highest BCUT2D eigenvalue weighted by atomic mass is 32.2. The Bertz CT molecular complexity index is 1150. The van der Waals surface area contributed by atoms with Gasteiger partial charge < -0.3 is 5.32 Å². The minimum atomic E-state index is -3.38. The standard InChI is InChI=1S/C21H22N4O3S2/c1-21(2,18-13-29-20(24-18)25-30(27,28)17-9-10-17)19(26)23-16-7-5-14(6-8-16)15-4-3-11-22-12-15/h3-8,11-13,17H,9-10H2,1-2H3,(H,23,26)(H,24,25). The van der Waals surface area contributed by atoms with E-state index < -0.39 is 15.4 Å². The SMILES string of the molecule is CC(C)(C(=O)Nc1ccc(-c2cccnc2)cc1)c1csc(NS(=O)(=O)C2CC2)n1. The Morgan fingerprint density at radius 2 is 1.87 bits per heavy atom. The van der Waals surface area contributed by atoms with Crippen LogP contribution in [-0.4, -0.2) is 29.5 Å². The van der Waals surface area contributed by atoms with Gasteiger partial charge in [0.15, 0.2) is 5.13 Å². The number of benzene rings is 1. The zero-order valence-corrected chi connectivity index (χ0v) is 18.3. The van der Waals surface area contributed by atoms with Gasteiger partial charge in [0.2, 0.25) is 15.9 Å². The highest BCUT2D eigenvalue weighted by Gasteiger charge is 2.37. The second kappa shape index (κ2) is 7.81. The topological polar surface area (TPSA) is 101 Å². The third kappa shape index (κ3) is 4.36. The molecule has 0 spiro atoms.